The second-order valence-electron chi connectivity index (χ2n) is 3.72. The molecule has 0 amide bonds. The first kappa shape index (κ1) is 14.9. The molecule has 5 N–H and O–H groups in total. The highest BCUT2D eigenvalue weighted by atomic mass is 32.2. The van der Waals surface area contributed by atoms with Gasteiger partial charge in [-0.2, -0.15) is 0 Å². The van der Waals surface area contributed by atoms with E-state index in [9.17, 15) is 16.8 Å². The fourth-order valence-electron chi connectivity index (χ4n) is 1.27. The molecular formula is C9H15N3O4S2. The van der Waals surface area contributed by atoms with Crippen LogP contribution in [0.2, 0.25) is 0 Å². The molecule has 0 aromatic heterocycles. The molecule has 0 radical (unpaired) electrons. The Balaban J connectivity index is 2.50. The molecular weight excluding hydrogens is 278 g/mol. The average molecular weight is 293 g/mol. The maximum Gasteiger partial charge on any atom is 0.238 e. The number of nitrogens with two attached hydrogens (primary N) is 2. The van der Waals surface area contributed by atoms with Crippen LogP contribution in [0.1, 0.15) is 6.42 Å². The summed E-state index contributed by atoms with van der Waals surface area (Å²) in [5.74, 6) is -0.102. The molecule has 9 heteroatoms. The minimum absolute atomic E-state index is 0.0255. The van der Waals surface area contributed by atoms with Crippen LogP contribution in [0.4, 0.5) is 5.69 Å². The van der Waals surface area contributed by atoms with Gasteiger partial charge in [-0.3, -0.25) is 0 Å². The summed E-state index contributed by atoms with van der Waals surface area (Å²) in [6.45, 7) is 0.422. The van der Waals surface area contributed by atoms with E-state index < -0.39 is 20.0 Å². The summed E-state index contributed by atoms with van der Waals surface area (Å²) in [6.07, 6.45) is 0.371. The van der Waals surface area contributed by atoms with Gasteiger partial charge >= 0.3 is 0 Å². The zero-order chi connectivity index (χ0) is 13.8. The number of nitrogens with one attached hydrogen (secondary N) is 1. The predicted octanol–water partition coefficient (Wildman–Crippen LogP) is -0.575. The van der Waals surface area contributed by atoms with Crippen LogP contribution in [0.3, 0.4) is 0 Å². The van der Waals surface area contributed by atoms with Crippen LogP contribution < -0.4 is 15.6 Å². The van der Waals surface area contributed by atoms with E-state index in [1.807, 2.05) is 0 Å². The summed E-state index contributed by atoms with van der Waals surface area (Å²) in [7, 11) is -7.13. The van der Waals surface area contributed by atoms with E-state index in [1.165, 1.54) is 12.1 Å². The molecule has 1 aromatic rings. The highest BCUT2D eigenvalue weighted by Crippen LogP contribution is 2.12. The van der Waals surface area contributed by atoms with Gasteiger partial charge in [-0.25, -0.2) is 27.1 Å². The van der Waals surface area contributed by atoms with Gasteiger partial charge < -0.3 is 5.32 Å². The predicted molar refractivity (Wildman–Crippen MR) is 68.9 cm³/mol. The van der Waals surface area contributed by atoms with Crippen molar-refractivity contribution in [2.45, 2.75) is 11.3 Å². The fourth-order valence-corrected chi connectivity index (χ4v) is 2.33. The third-order valence-corrected chi connectivity index (χ3v) is 3.90. The van der Waals surface area contributed by atoms with E-state index in [1.54, 1.807) is 12.1 Å². The standard InChI is InChI=1S/C9H15N3O4S2/c10-17(13,14)7-1-6-12-8-2-4-9(5-3-8)18(11,15)16/h2-5,12H,1,6-7H2,(H2,10,13,14)(H2,11,15,16). The van der Waals surface area contributed by atoms with E-state index in [0.717, 1.165) is 0 Å². The van der Waals surface area contributed by atoms with E-state index >= 15 is 0 Å². The van der Waals surface area contributed by atoms with E-state index in [4.69, 9.17) is 10.3 Å². The van der Waals surface area contributed by atoms with E-state index in [0.29, 0.717) is 18.7 Å². The van der Waals surface area contributed by atoms with Crippen molar-refractivity contribution < 1.29 is 16.8 Å². The SMILES string of the molecule is NS(=O)(=O)CCCNc1ccc(S(N)(=O)=O)cc1. The number of hydrogen-bond donors (Lipinski definition) is 3. The number of rotatable bonds is 6. The van der Waals surface area contributed by atoms with Crippen molar-refractivity contribution in [2.24, 2.45) is 10.3 Å². The van der Waals surface area contributed by atoms with E-state index in [-0.39, 0.29) is 10.6 Å². The summed E-state index contributed by atoms with van der Waals surface area (Å²) >= 11 is 0. The molecule has 102 valence electrons. The molecule has 0 spiro atoms. The lowest BCUT2D eigenvalue weighted by Gasteiger charge is -2.06. The Morgan fingerprint density at radius 1 is 1.00 bits per heavy atom. The van der Waals surface area contributed by atoms with Gasteiger partial charge in [0.25, 0.3) is 0 Å². The quantitative estimate of drug-likeness (QED) is 0.604. The number of benzene rings is 1. The smallest absolute Gasteiger partial charge is 0.238 e. The number of anilines is 1. The van der Waals surface area contributed by atoms with Crippen LogP contribution in [-0.4, -0.2) is 29.1 Å². The summed E-state index contributed by atoms with van der Waals surface area (Å²) in [6, 6.07) is 5.85. The summed E-state index contributed by atoms with van der Waals surface area (Å²) in [5, 5.41) is 12.7. The largest absolute Gasteiger partial charge is 0.385 e. The summed E-state index contributed by atoms with van der Waals surface area (Å²) in [5.41, 5.74) is 0.678. The Hall–Kier alpha value is -1.16. The van der Waals surface area contributed by atoms with Crippen molar-refractivity contribution in [2.75, 3.05) is 17.6 Å². The Morgan fingerprint density at radius 2 is 1.56 bits per heavy atom. The third-order valence-electron chi connectivity index (χ3n) is 2.12. The first-order valence-electron chi connectivity index (χ1n) is 5.06. The Kier molecular flexibility index (Phi) is 4.68. The zero-order valence-electron chi connectivity index (χ0n) is 9.53. The molecule has 1 aromatic carbocycles. The van der Waals surface area contributed by atoms with Crippen LogP contribution in [-0.2, 0) is 20.0 Å². The number of hydrogen-bond acceptors (Lipinski definition) is 5. The van der Waals surface area contributed by atoms with Gasteiger partial charge in [0, 0.05) is 12.2 Å². The van der Waals surface area contributed by atoms with Crippen LogP contribution in [0, 0.1) is 0 Å². The van der Waals surface area contributed by atoms with Crippen molar-refractivity contribution >= 4 is 25.7 Å². The monoisotopic (exact) mass is 293 g/mol. The lowest BCUT2D eigenvalue weighted by Crippen LogP contribution is -2.18. The van der Waals surface area contributed by atoms with Gasteiger partial charge in [-0.05, 0) is 30.7 Å². The van der Waals surface area contributed by atoms with Crippen molar-refractivity contribution in [1.29, 1.82) is 0 Å². The topological polar surface area (TPSA) is 132 Å². The molecule has 0 aliphatic carbocycles. The van der Waals surface area contributed by atoms with Crippen LogP contribution in [0.15, 0.2) is 29.2 Å². The lowest BCUT2D eigenvalue weighted by molar-refractivity contribution is 0.594. The first-order chi connectivity index (χ1) is 8.18. The minimum atomic E-state index is -3.69. The van der Waals surface area contributed by atoms with Gasteiger partial charge in [0.15, 0.2) is 0 Å². The fraction of sp³-hybridized carbons (Fsp3) is 0.333. The molecule has 7 nitrogen and oxygen atoms in total. The Labute approximate surface area is 106 Å². The second-order valence-corrected chi connectivity index (χ2v) is 7.01. The van der Waals surface area contributed by atoms with Gasteiger partial charge in [0.05, 0.1) is 10.6 Å². The third kappa shape index (κ3) is 5.45. The van der Waals surface area contributed by atoms with Gasteiger partial charge in [0.2, 0.25) is 20.0 Å². The zero-order valence-corrected chi connectivity index (χ0v) is 11.2. The van der Waals surface area contributed by atoms with Crippen LogP contribution in [0.5, 0.6) is 0 Å². The van der Waals surface area contributed by atoms with Crippen molar-refractivity contribution in [3.63, 3.8) is 0 Å². The molecule has 0 heterocycles. The molecule has 0 atom stereocenters. The normalized spacial score (nSPS) is 12.3. The maximum atomic E-state index is 11.0. The summed E-state index contributed by atoms with van der Waals surface area (Å²) < 4.78 is 43.3. The van der Waals surface area contributed by atoms with Crippen molar-refractivity contribution in [3.05, 3.63) is 24.3 Å². The van der Waals surface area contributed by atoms with Gasteiger partial charge in [-0.1, -0.05) is 0 Å². The molecule has 0 saturated heterocycles. The molecule has 0 unspecified atom stereocenters. The Morgan fingerprint density at radius 3 is 2.00 bits per heavy atom. The van der Waals surface area contributed by atoms with E-state index in [2.05, 4.69) is 5.32 Å². The Bertz CT molecular complexity index is 593. The lowest BCUT2D eigenvalue weighted by atomic mass is 10.3. The number of primary sulfonamides is 2. The van der Waals surface area contributed by atoms with Gasteiger partial charge in [-0.15, -0.1) is 0 Å². The van der Waals surface area contributed by atoms with Crippen LogP contribution >= 0.6 is 0 Å². The molecule has 0 aliphatic rings. The second kappa shape index (κ2) is 5.65. The highest BCUT2D eigenvalue weighted by molar-refractivity contribution is 7.89. The minimum Gasteiger partial charge on any atom is -0.385 e. The molecule has 0 aliphatic heterocycles. The molecule has 1 rings (SSSR count). The van der Waals surface area contributed by atoms with Crippen molar-refractivity contribution in [1.82, 2.24) is 0 Å². The molecule has 18 heavy (non-hydrogen) atoms. The molecule has 0 saturated carbocycles. The maximum absolute atomic E-state index is 11.0. The number of sulfonamides is 2. The average Bonchev–Trinajstić information content (AvgIpc) is 2.22. The van der Waals surface area contributed by atoms with Crippen LogP contribution in [0.25, 0.3) is 0 Å². The first-order valence-corrected chi connectivity index (χ1v) is 8.32. The van der Waals surface area contributed by atoms with Gasteiger partial charge in [0.1, 0.15) is 0 Å². The van der Waals surface area contributed by atoms with Crippen molar-refractivity contribution in [3.8, 4) is 0 Å². The summed E-state index contributed by atoms with van der Waals surface area (Å²) in [4.78, 5) is 0.0255. The highest BCUT2D eigenvalue weighted by Gasteiger charge is 2.06. The molecule has 0 fully saturated rings. The molecule has 0 bridgehead atoms.